The quantitative estimate of drug-likeness (QED) is 0.294. The minimum Gasteiger partial charge on any atom is -0.480 e. The lowest BCUT2D eigenvalue weighted by Crippen LogP contribution is -2.42. The number of thioether (sulfide) groups is 1. The summed E-state index contributed by atoms with van der Waals surface area (Å²) in [7, 11) is 0. The van der Waals surface area contributed by atoms with Crippen LogP contribution in [0.25, 0.3) is 0 Å². The molecule has 1 heterocycles. The molecule has 1 aromatic rings. The molecule has 0 aliphatic carbocycles. The number of rotatable bonds is 9. The molecule has 0 bridgehead atoms. The minimum absolute atomic E-state index is 0. The molecule has 0 spiro atoms. The number of hydrogen-bond donors (Lipinski definition) is 3. The molecule has 1 aliphatic rings. The van der Waals surface area contributed by atoms with Crippen molar-refractivity contribution in [3.8, 4) is 11.5 Å². The van der Waals surface area contributed by atoms with Crippen molar-refractivity contribution < 1.29 is 33.8 Å². The van der Waals surface area contributed by atoms with Crippen LogP contribution in [0.2, 0.25) is 0 Å². The highest BCUT2D eigenvalue weighted by atomic mass is 35.5. The summed E-state index contributed by atoms with van der Waals surface area (Å²) in [5.41, 5.74) is 5.66. The Bertz CT molecular complexity index is 735. The number of nitrogens with two attached hydrogens (primary N) is 1. The Hall–Kier alpha value is -2.44. The second kappa shape index (κ2) is 10.8. The number of carbonyl (C=O) groups excluding carboxylic acids is 1. The summed E-state index contributed by atoms with van der Waals surface area (Å²) in [5, 5.41) is 21.9. The molecular formula is C15H20ClN3O8S. The van der Waals surface area contributed by atoms with E-state index in [1.165, 1.54) is 17.8 Å². The predicted octanol–water partition coefficient (Wildman–Crippen LogP) is 1.68. The van der Waals surface area contributed by atoms with Gasteiger partial charge in [0.25, 0.3) is 5.69 Å². The van der Waals surface area contributed by atoms with Gasteiger partial charge in [0.1, 0.15) is 12.6 Å². The maximum atomic E-state index is 11.4. The zero-order chi connectivity index (χ0) is 20.0. The van der Waals surface area contributed by atoms with Crippen molar-refractivity contribution in [2.24, 2.45) is 5.73 Å². The second-order valence-corrected chi connectivity index (χ2v) is 6.94. The zero-order valence-corrected chi connectivity index (χ0v) is 16.4. The Kier molecular flexibility index (Phi) is 9.09. The molecule has 4 N–H and O–H groups in total. The predicted molar refractivity (Wildman–Crippen MR) is 102 cm³/mol. The van der Waals surface area contributed by atoms with Crippen LogP contribution < -0.4 is 20.5 Å². The molecule has 1 aromatic carbocycles. The van der Waals surface area contributed by atoms with Gasteiger partial charge >= 0.3 is 12.1 Å². The number of nitrogens with zero attached hydrogens (tertiary/aromatic N) is 1. The number of carboxylic acid groups (broad SMARTS) is 1. The summed E-state index contributed by atoms with van der Waals surface area (Å²) in [4.78, 5) is 32.8. The molecule has 1 amide bonds. The van der Waals surface area contributed by atoms with E-state index >= 15 is 0 Å². The van der Waals surface area contributed by atoms with E-state index in [-0.39, 0.29) is 43.3 Å². The van der Waals surface area contributed by atoms with Crippen molar-refractivity contribution in [2.75, 3.05) is 25.7 Å². The van der Waals surface area contributed by atoms with E-state index in [2.05, 4.69) is 5.32 Å². The third kappa shape index (κ3) is 6.32. The van der Waals surface area contributed by atoms with Crippen LogP contribution in [-0.2, 0) is 9.53 Å². The Morgan fingerprint density at radius 1 is 1.43 bits per heavy atom. The van der Waals surface area contributed by atoms with E-state index in [1.54, 1.807) is 13.0 Å². The lowest BCUT2D eigenvalue weighted by atomic mass is 10.1. The van der Waals surface area contributed by atoms with E-state index < -0.39 is 23.0 Å². The van der Waals surface area contributed by atoms with Gasteiger partial charge in [-0.25, -0.2) is 4.79 Å². The first kappa shape index (κ1) is 23.6. The fourth-order valence-corrected chi connectivity index (χ4v) is 3.11. The molecule has 156 valence electrons. The van der Waals surface area contributed by atoms with E-state index in [0.29, 0.717) is 22.8 Å². The van der Waals surface area contributed by atoms with Gasteiger partial charge < -0.3 is 30.4 Å². The van der Waals surface area contributed by atoms with Gasteiger partial charge in [0, 0.05) is 23.1 Å². The highest BCUT2D eigenvalue weighted by Crippen LogP contribution is 2.43. The lowest BCUT2D eigenvalue weighted by molar-refractivity contribution is -0.385. The SMILES string of the molecule is CC(SCCOC(=O)NC[C@@H](N)C(=O)O)c1cc2c(cc1[N+](=O)[O-])OCO2.Cl. The summed E-state index contributed by atoms with van der Waals surface area (Å²) >= 11 is 1.35. The number of halogens is 1. The molecule has 28 heavy (non-hydrogen) atoms. The molecule has 2 rings (SSSR count). The molecule has 0 saturated heterocycles. The summed E-state index contributed by atoms with van der Waals surface area (Å²) < 4.78 is 15.3. The minimum atomic E-state index is -1.23. The first-order valence-corrected chi connectivity index (χ1v) is 8.93. The highest BCUT2D eigenvalue weighted by molar-refractivity contribution is 7.99. The normalized spacial score (nSPS) is 13.8. The third-order valence-electron chi connectivity index (χ3n) is 3.62. The van der Waals surface area contributed by atoms with Crippen molar-refractivity contribution in [3.63, 3.8) is 0 Å². The number of amides is 1. The Balaban J connectivity index is 0.00000392. The van der Waals surface area contributed by atoms with E-state index in [4.69, 9.17) is 25.1 Å². The molecule has 1 unspecified atom stereocenters. The summed E-state index contributed by atoms with van der Waals surface area (Å²) in [6.45, 7) is 1.61. The maximum Gasteiger partial charge on any atom is 0.407 e. The number of fused-ring (bicyclic) bond motifs is 1. The van der Waals surface area contributed by atoms with Crippen LogP contribution in [0.4, 0.5) is 10.5 Å². The third-order valence-corrected chi connectivity index (χ3v) is 4.78. The molecule has 0 saturated carbocycles. The van der Waals surface area contributed by atoms with Gasteiger partial charge in [0.15, 0.2) is 11.5 Å². The van der Waals surface area contributed by atoms with Crippen molar-refractivity contribution in [2.45, 2.75) is 18.2 Å². The molecule has 1 aliphatic heterocycles. The Morgan fingerprint density at radius 2 is 2.07 bits per heavy atom. The van der Waals surface area contributed by atoms with Crippen molar-refractivity contribution in [3.05, 3.63) is 27.8 Å². The van der Waals surface area contributed by atoms with E-state index in [1.807, 2.05) is 0 Å². The van der Waals surface area contributed by atoms with Crippen LogP contribution in [0.3, 0.4) is 0 Å². The van der Waals surface area contributed by atoms with Gasteiger partial charge in [-0.15, -0.1) is 12.4 Å². The fraction of sp³-hybridized carbons (Fsp3) is 0.467. The first-order valence-electron chi connectivity index (χ1n) is 7.88. The Labute approximate surface area is 170 Å². The topological polar surface area (TPSA) is 163 Å². The van der Waals surface area contributed by atoms with Crippen LogP contribution >= 0.6 is 24.2 Å². The number of nitro benzene ring substituents is 1. The number of nitro groups is 1. The van der Waals surface area contributed by atoms with E-state index in [0.717, 1.165) is 0 Å². The first-order chi connectivity index (χ1) is 12.8. The number of ether oxygens (including phenoxy) is 3. The second-order valence-electron chi connectivity index (χ2n) is 5.50. The molecule has 11 nitrogen and oxygen atoms in total. The van der Waals surface area contributed by atoms with Gasteiger partial charge in [-0.05, 0) is 13.0 Å². The molecule has 13 heteroatoms. The van der Waals surface area contributed by atoms with E-state index in [9.17, 15) is 19.7 Å². The average molecular weight is 438 g/mol. The number of nitrogens with one attached hydrogen (secondary N) is 1. The molecule has 0 aromatic heterocycles. The molecular weight excluding hydrogens is 418 g/mol. The van der Waals surface area contributed by atoms with Crippen molar-refractivity contribution >= 4 is 41.9 Å². The molecule has 0 radical (unpaired) electrons. The molecule has 2 atom stereocenters. The zero-order valence-electron chi connectivity index (χ0n) is 14.8. The Morgan fingerprint density at radius 3 is 2.68 bits per heavy atom. The van der Waals surface area contributed by atoms with Gasteiger partial charge in [-0.3, -0.25) is 14.9 Å². The fourth-order valence-electron chi connectivity index (χ4n) is 2.21. The number of aliphatic carboxylic acids is 1. The largest absolute Gasteiger partial charge is 0.480 e. The van der Waals surface area contributed by atoms with Gasteiger partial charge in [-0.1, -0.05) is 0 Å². The van der Waals surface area contributed by atoms with Crippen LogP contribution in [0.1, 0.15) is 17.7 Å². The highest BCUT2D eigenvalue weighted by Gasteiger charge is 2.26. The van der Waals surface area contributed by atoms with Crippen LogP contribution in [0, 0.1) is 10.1 Å². The molecule has 0 fully saturated rings. The summed E-state index contributed by atoms with van der Waals surface area (Å²) in [6.07, 6.45) is -0.783. The maximum absolute atomic E-state index is 11.4. The number of benzene rings is 1. The van der Waals surface area contributed by atoms with Gasteiger partial charge in [0.05, 0.1) is 11.0 Å². The van der Waals surface area contributed by atoms with Crippen LogP contribution in [0.5, 0.6) is 11.5 Å². The van der Waals surface area contributed by atoms with Crippen molar-refractivity contribution in [1.82, 2.24) is 5.32 Å². The smallest absolute Gasteiger partial charge is 0.407 e. The van der Waals surface area contributed by atoms with Gasteiger partial charge in [-0.2, -0.15) is 11.8 Å². The summed E-state index contributed by atoms with van der Waals surface area (Å²) in [6, 6.07) is 1.71. The number of hydrogen-bond acceptors (Lipinski definition) is 9. The van der Waals surface area contributed by atoms with Crippen LogP contribution in [0.15, 0.2) is 12.1 Å². The number of carbonyl (C=O) groups is 2. The van der Waals surface area contributed by atoms with Crippen molar-refractivity contribution in [1.29, 1.82) is 0 Å². The lowest BCUT2D eigenvalue weighted by Gasteiger charge is -2.13. The standard InChI is InChI=1S/C15H19N3O8S.ClH/c1-8(27-3-2-24-15(21)17-6-10(16)14(19)20)9-4-12-13(26-7-25-12)5-11(9)18(22)23;/h4-5,8,10H,2-3,6-7,16H2,1H3,(H,17,21)(H,19,20);1H/t8?,10-;/m1./s1. The monoisotopic (exact) mass is 437 g/mol. The number of alkyl carbamates (subject to hydrolysis) is 1. The van der Waals surface area contributed by atoms with Gasteiger partial charge in [0.2, 0.25) is 6.79 Å². The summed E-state index contributed by atoms with van der Waals surface area (Å²) in [5.74, 6) is -0.0637. The average Bonchev–Trinajstić information content (AvgIpc) is 3.09. The number of carboxylic acids is 1. The van der Waals surface area contributed by atoms with Crippen LogP contribution in [-0.4, -0.2) is 53.8 Å².